The summed E-state index contributed by atoms with van der Waals surface area (Å²) in [7, 11) is 0. The Morgan fingerprint density at radius 1 is 0.793 bits per heavy atom. The van der Waals surface area contributed by atoms with Crippen molar-refractivity contribution in [3.63, 3.8) is 0 Å². The first-order chi connectivity index (χ1) is 14.0. The number of hydrogen-bond acceptors (Lipinski definition) is 1. The van der Waals surface area contributed by atoms with Gasteiger partial charge < -0.3 is 5.32 Å². The molecular weight excluding hydrogens is 354 g/mol. The van der Waals surface area contributed by atoms with Crippen molar-refractivity contribution in [2.24, 2.45) is 5.92 Å². The number of carbonyl (C=O) groups excluding carboxylic acids is 1. The lowest BCUT2D eigenvalue weighted by atomic mass is 9.96. The molecular formula is C27H29NO. The molecule has 3 aromatic carbocycles. The molecule has 29 heavy (non-hydrogen) atoms. The van der Waals surface area contributed by atoms with Gasteiger partial charge in [-0.25, -0.2) is 0 Å². The molecule has 0 aliphatic rings. The van der Waals surface area contributed by atoms with Crippen molar-refractivity contribution in [1.29, 1.82) is 0 Å². The van der Waals surface area contributed by atoms with Crippen LogP contribution in [0.2, 0.25) is 0 Å². The zero-order chi connectivity index (χ0) is 20.6. The Morgan fingerprint density at radius 3 is 1.97 bits per heavy atom. The number of benzene rings is 3. The minimum absolute atomic E-state index is 0.00851. The van der Waals surface area contributed by atoms with E-state index < -0.39 is 0 Å². The van der Waals surface area contributed by atoms with Crippen LogP contribution in [0.5, 0.6) is 0 Å². The molecule has 0 aliphatic heterocycles. The quantitative estimate of drug-likeness (QED) is 0.447. The van der Waals surface area contributed by atoms with Crippen molar-refractivity contribution in [2.45, 2.75) is 33.1 Å². The molecule has 0 saturated heterocycles. The standard InChI is InChI=1S/C27H29NO/c1-20(2)19-24-11-15-25(16-12-24)21(3)27(29)28-26-17-13-23(14-18-26)10-9-22-7-5-4-6-8-22/h4-18,20-21H,19H2,1-3H3,(H,28,29)/t21-/m1/s1. The van der Waals surface area contributed by atoms with Gasteiger partial charge in [-0.1, -0.05) is 92.7 Å². The molecule has 1 atom stereocenters. The van der Waals surface area contributed by atoms with Crippen molar-refractivity contribution in [3.8, 4) is 0 Å². The third-order valence-electron chi connectivity index (χ3n) is 4.96. The Morgan fingerprint density at radius 2 is 1.38 bits per heavy atom. The maximum Gasteiger partial charge on any atom is 0.231 e. The Labute approximate surface area is 174 Å². The van der Waals surface area contributed by atoms with Crippen molar-refractivity contribution in [3.05, 3.63) is 101 Å². The summed E-state index contributed by atoms with van der Waals surface area (Å²) in [5.74, 6) is 0.446. The first-order valence-electron chi connectivity index (χ1n) is 10.2. The number of anilines is 1. The molecule has 0 aliphatic carbocycles. The molecule has 0 aromatic heterocycles. The summed E-state index contributed by atoms with van der Waals surface area (Å²) in [6.07, 6.45) is 5.22. The van der Waals surface area contributed by atoms with Gasteiger partial charge >= 0.3 is 0 Å². The highest BCUT2D eigenvalue weighted by molar-refractivity contribution is 5.95. The molecule has 0 unspecified atom stereocenters. The fourth-order valence-corrected chi connectivity index (χ4v) is 3.25. The van der Waals surface area contributed by atoms with Crippen molar-refractivity contribution in [1.82, 2.24) is 0 Å². The summed E-state index contributed by atoms with van der Waals surface area (Å²) < 4.78 is 0. The molecule has 148 valence electrons. The predicted octanol–water partition coefficient (Wildman–Crippen LogP) is 6.80. The summed E-state index contributed by atoms with van der Waals surface area (Å²) in [6, 6.07) is 26.5. The van der Waals surface area contributed by atoms with Crippen LogP contribution in [-0.4, -0.2) is 5.91 Å². The van der Waals surface area contributed by atoms with Gasteiger partial charge in [-0.2, -0.15) is 0 Å². The van der Waals surface area contributed by atoms with Crippen molar-refractivity contribution in [2.75, 3.05) is 5.32 Å². The maximum atomic E-state index is 12.6. The molecule has 0 heterocycles. The zero-order valence-corrected chi connectivity index (χ0v) is 17.4. The average molecular weight is 384 g/mol. The summed E-state index contributed by atoms with van der Waals surface area (Å²) in [5.41, 5.74) is 5.43. The van der Waals surface area contributed by atoms with Crippen LogP contribution in [0, 0.1) is 5.92 Å². The van der Waals surface area contributed by atoms with Gasteiger partial charge in [0.1, 0.15) is 0 Å². The van der Waals surface area contributed by atoms with Crippen LogP contribution in [0.1, 0.15) is 48.9 Å². The van der Waals surface area contributed by atoms with Crippen LogP contribution in [0.25, 0.3) is 12.2 Å². The Balaban J connectivity index is 1.59. The van der Waals surface area contributed by atoms with Crippen LogP contribution in [0.3, 0.4) is 0 Å². The number of nitrogens with one attached hydrogen (secondary N) is 1. The second kappa shape index (κ2) is 9.88. The SMILES string of the molecule is CC(C)Cc1ccc([C@@H](C)C(=O)Nc2ccc(C=Cc3ccccc3)cc2)cc1. The van der Waals surface area contributed by atoms with Gasteiger partial charge in [-0.3, -0.25) is 4.79 Å². The van der Waals surface area contributed by atoms with Crippen LogP contribution in [0.15, 0.2) is 78.9 Å². The van der Waals surface area contributed by atoms with E-state index in [1.54, 1.807) is 0 Å². The Hall–Kier alpha value is -3.13. The molecule has 0 radical (unpaired) electrons. The number of rotatable bonds is 7. The van der Waals surface area contributed by atoms with E-state index in [-0.39, 0.29) is 11.8 Å². The molecule has 1 amide bonds. The van der Waals surface area contributed by atoms with E-state index in [0.717, 1.165) is 28.8 Å². The molecule has 2 heteroatoms. The summed E-state index contributed by atoms with van der Waals surface area (Å²) in [5, 5.41) is 3.02. The minimum atomic E-state index is -0.194. The second-order valence-electron chi connectivity index (χ2n) is 7.92. The molecule has 3 rings (SSSR count). The highest BCUT2D eigenvalue weighted by Crippen LogP contribution is 2.20. The maximum absolute atomic E-state index is 12.6. The van der Waals surface area contributed by atoms with Crippen molar-refractivity contribution >= 4 is 23.7 Å². The van der Waals surface area contributed by atoms with Gasteiger partial charge in [0.15, 0.2) is 0 Å². The first kappa shape index (κ1) is 20.6. The normalized spacial score (nSPS) is 12.3. The van der Waals surface area contributed by atoms with Crippen LogP contribution < -0.4 is 5.32 Å². The molecule has 2 nitrogen and oxygen atoms in total. The topological polar surface area (TPSA) is 29.1 Å². The Bertz CT molecular complexity index is 938. The van der Waals surface area contributed by atoms with E-state index in [1.807, 2.05) is 49.4 Å². The number of carbonyl (C=O) groups is 1. The monoisotopic (exact) mass is 383 g/mol. The second-order valence-corrected chi connectivity index (χ2v) is 7.92. The molecule has 0 saturated carbocycles. The smallest absolute Gasteiger partial charge is 0.231 e. The van der Waals surface area contributed by atoms with Gasteiger partial charge in [0.2, 0.25) is 5.91 Å². The molecule has 1 N–H and O–H groups in total. The van der Waals surface area contributed by atoms with Crippen LogP contribution >= 0.6 is 0 Å². The summed E-state index contributed by atoms with van der Waals surface area (Å²) in [6.45, 7) is 6.38. The van der Waals surface area contributed by atoms with E-state index in [9.17, 15) is 4.79 Å². The van der Waals surface area contributed by atoms with Gasteiger partial charge in [0.25, 0.3) is 0 Å². The lowest BCUT2D eigenvalue weighted by Gasteiger charge is -2.14. The van der Waals surface area contributed by atoms with Crippen LogP contribution in [-0.2, 0) is 11.2 Å². The third kappa shape index (κ3) is 6.18. The highest BCUT2D eigenvalue weighted by Gasteiger charge is 2.15. The first-order valence-corrected chi connectivity index (χ1v) is 10.2. The Kier molecular flexibility index (Phi) is 7.02. The van der Waals surface area contributed by atoms with Gasteiger partial charge in [-0.15, -0.1) is 0 Å². The summed E-state index contributed by atoms with van der Waals surface area (Å²) >= 11 is 0. The molecule has 0 bridgehead atoms. The zero-order valence-electron chi connectivity index (χ0n) is 17.4. The fraction of sp³-hybridized carbons (Fsp3) is 0.222. The highest BCUT2D eigenvalue weighted by atomic mass is 16.1. The molecule has 0 spiro atoms. The average Bonchev–Trinajstić information content (AvgIpc) is 2.73. The molecule has 0 fully saturated rings. The molecule has 3 aromatic rings. The number of hydrogen-bond donors (Lipinski definition) is 1. The van der Waals surface area contributed by atoms with Gasteiger partial charge in [0, 0.05) is 5.69 Å². The van der Waals surface area contributed by atoms with E-state index in [4.69, 9.17) is 0 Å². The van der Waals surface area contributed by atoms with Gasteiger partial charge in [0.05, 0.1) is 5.92 Å². The fourth-order valence-electron chi connectivity index (χ4n) is 3.25. The minimum Gasteiger partial charge on any atom is -0.326 e. The summed E-state index contributed by atoms with van der Waals surface area (Å²) in [4.78, 5) is 12.6. The van der Waals surface area contributed by atoms with Crippen LogP contribution in [0.4, 0.5) is 5.69 Å². The van der Waals surface area contributed by atoms with Gasteiger partial charge in [-0.05, 0) is 53.6 Å². The third-order valence-corrected chi connectivity index (χ3v) is 4.96. The van der Waals surface area contributed by atoms with Crippen molar-refractivity contribution < 1.29 is 4.79 Å². The largest absolute Gasteiger partial charge is 0.326 e. The lowest BCUT2D eigenvalue weighted by Crippen LogP contribution is -2.18. The van der Waals surface area contributed by atoms with E-state index in [0.29, 0.717) is 5.92 Å². The van der Waals surface area contributed by atoms with E-state index >= 15 is 0 Å². The predicted molar refractivity (Wildman–Crippen MR) is 124 cm³/mol. The van der Waals surface area contributed by atoms with E-state index in [1.165, 1.54) is 5.56 Å². The lowest BCUT2D eigenvalue weighted by molar-refractivity contribution is -0.117. The number of amides is 1. The van der Waals surface area contributed by atoms with E-state index in [2.05, 4.69) is 67.7 Å².